The summed E-state index contributed by atoms with van der Waals surface area (Å²) < 4.78 is 20.8. The number of nitrogens with one attached hydrogen (secondary N) is 1. The lowest BCUT2D eigenvalue weighted by Gasteiger charge is -2.05. The zero-order valence-corrected chi connectivity index (χ0v) is 8.02. The van der Waals surface area contributed by atoms with Crippen molar-refractivity contribution in [3.63, 3.8) is 0 Å². The average molecular weight is 194 g/mol. The molecule has 0 heterocycles. The van der Waals surface area contributed by atoms with Gasteiger partial charge in [-0.25, -0.2) is 13.6 Å². The van der Waals surface area contributed by atoms with Crippen LogP contribution in [0.15, 0.2) is 0 Å². The van der Waals surface area contributed by atoms with Crippen LogP contribution in [0.3, 0.4) is 0 Å². The van der Waals surface area contributed by atoms with Crippen LogP contribution in [0.25, 0.3) is 0 Å². The standard InChI is InChI=1S/C6H14N2O3S/c1-5(2)6(9)8-3-4-12(7,10)11/h5H,3-4H2,1-2H3,(H,8,9)(H2,7,10,11). The van der Waals surface area contributed by atoms with Gasteiger partial charge in [-0.3, -0.25) is 4.79 Å². The van der Waals surface area contributed by atoms with E-state index < -0.39 is 10.0 Å². The van der Waals surface area contributed by atoms with E-state index in [0.29, 0.717) is 0 Å². The Morgan fingerprint density at radius 1 is 1.50 bits per heavy atom. The Labute approximate surface area is 72.4 Å². The van der Waals surface area contributed by atoms with Gasteiger partial charge in [-0.15, -0.1) is 0 Å². The number of nitrogens with two attached hydrogens (primary N) is 1. The Hall–Kier alpha value is -0.620. The molecule has 0 aromatic rings. The van der Waals surface area contributed by atoms with Crippen LogP contribution in [0.2, 0.25) is 0 Å². The number of sulfonamides is 1. The molecule has 0 bridgehead atoms. The minimum absolute atomic E-state index is 0.0792. The number of hydrogen-bond donors (Lipinski definition) is 2. The first kappa shape index (κ1) is 11.4. The first-order chi connectivity index (χ1) is 5.33. The van der Waals surface area contributed by atoms with Gasteiger partial charge in [0.15, 0.2) is 0 Å². The molecule has 12 heavy (non-hydrogen) atoms. The van der Waals surface area contributed by atoms with E-state index in [9.17, 15) is 13.2 Å². The molecular weight excluding hydrogens is 180 g/mol. The molecule has 1 amide bonds. The normalized spacial score (nSPS) is 11.7. The largest absolute Gasteiger partial charge is 0.355 e. The van der Waals surface area contributed by atoms with E-state index in [4.69, 9.17) is 5.14 Å². The van der Waals surface area contributed by atoms with E-state index in [2.05, 4.69) is 5.32 Å². The summed E-state index contributed by atoms with van der Waals surface area (Å²) in [6, 6.07) is 0. The maximum absolute atomic E-state index is 10.9. The summed E-state index contributed by atoms with van der Waals surface area (Å²) in [5.41, 5.74) is 0. The zero-order valence-electron chi connectivity index (χ0n) is 7.20. The van der Waals surface area contributed by atoms with Gasteiger partial charge in [0.05, 0.1) is 5.75 Å². The number of amides is 1. The van der Waals surface area contributed by atoms with E-state index in [1.54, 1.807) is 13.8 Å². The van der Waals surface area contributed by atoms with Crippen molar-refractivity contribution in [2.45, 2.75) is 13.8 Å². The van der Waals surface area contributed by atoms with Crippen molar-refractivity contribution in [2.24, 2.45) is 11.1 Å². The molecule has 0 atom stereocenters. The molecular formula is C6H14N2O3S. The average Bonchev–Trinajstić information content (AvgIpc) is 1.84. The molecule has 0 rings (SSSR count). The first-order valence-corrected chi connectivity index (χ1v) is 5.32. The third-order valence-corrected chi connectivity index (χ3v) is 1.98. The Balaban J connectivity index is 3.66. The van der Waals surface area contributed by atoms with Crippen molar-refractivity contribution in [1.29, 1.82) is 0 Å². The van der Waals surface area contributed by atoms with Crippen LogP contribution in [0.1, 0.15) is 13.8 Å². The Morgan fingerprint density at radius 2 is 2.00 bits per heavy atom. The Bertz CT molecular complexity index is 246. The molecule has 0 saturated heterocycles. The van der Waals surface area contributed by atoms with E-state index in [-0.39, 0.29) is 24.1 Å². The summed E-state index contributed by atoms with van der Waals surface area (Å²) in [6.45, 7) is 3.54. The zero-order chi connectivity index (χ0) is 9.78. The SMILES string of the molecule is CC(C)C(=O)NCCS(N)(=O)=O. The molecule has 0 aliphatic carbocycles. The fourth-order valence-corrected chi connectivity index (χ4v) is 0.907. The molecule has 5 nitrogen and oxygen atoms in total. The van der Waals surface area contributed by atoms with Gasteiger partial charge in [0.25, 0.3) is 0 Å². The summed E-state index contributed by atoms with van der Waals surface area (Å²) in [7, 11) is -3.46. The molecule has 0 aromatic carbocycles. The smallest absolute Gasteiger partial charge is 0.222 e. The van der Waals surface area contributed by atoms with Crippen LogP contribution >= 0.6 is 0 Å². The molecule has 0 aromatic heterocycles. The molecule has 0 aliphatic heterocycles. The molecule has 0 unspecified atom stereocenters. The second kappa shape index (κ2) is 4.42. The van der Waals surface area contributed by atoms with Crippen molar-refractivity contribution in [3.8, 4) is 0 Å². The molecule has 72 valence electrons. The maximum Gasteiger partial charge on any atom is 0.222 e. The summed E-state index contributed by atoms with van der Waals surface area (Å²) in [5, 5.41) is 7.16. The monoisotopic (exact) mass is 194 g/mol. The number of carbonyl (C=O) groups is 1. The quantitative estimate of drug-likeness (QED) is 0.604. The highest BCUT2D eigenvalue weighted by Gasteiger charge is 2.07. The highest BCUT2D eigenvalue weighted by atomic mass is 32.2. The molecule has 6 heteroatoms. The summed E-state index contributed by atoms with van der Waals surface area (Å²) >= 11 is 0. The number of carbonyl (C=O) groups excluding carboxylic acids is 1. The minimum Gasteiger partial charge on any atom is -0.355 e. The molecule has 0 aliphatic rings. The molecule has 0 fully saturated rings. The van der Waals surface area contributed by atoms with Gasteiger partial charge in [-0.05, 0) is 0 Å². The number of primary sulfonamides is 1. The predicted octanol–water partition coefficient (Wildman–Crippen LogP) is -0.953. The van der Waals surface area contributed by atoms with Crippen molar-refractivity contribution in [2.75, 3.05) is 12.3 Å². The molecule has 0 spiro atoms. The molecule has 3 N–H and O–H groups in total. The van der Waals surface area contributed by atoms with Gasteiger partial charge in [0, 0.05) is 12.5 Å². The predicted molar refractivity (Wildman–Crippen MR) is 45.8 cm³/mol. The summed E-state index contributed by atoms with van der Waals surface area (Å²) in [6.07, 6.45) is 0. The second-order valence-corrected chi connectivity index (χ2v) is 4.55. The van der Waals surface area contributed by atoms with Crippen LogP contribution in [0.4, 0.5) is 0 Å². The highest BCUT2D eigenvalue weighted by Crippen LogP contribution is 1.89. The van der Waals surface area contributed by atoms with Crippen LogP contribution in [-0.2, 0) is 14.8 Å². The van der Waals surface area contributed by atoms with Crippen LogP contribution in [-0.4, -0.2) is 26.6 Å². The number of rotatable bonds is 4. The topological polar surface area (TPSA) is 89.3 Å². The summed E-state index contributed by atoms with van der Waals surface area (Å²) in [5.74, 6) is -0.519. The fourth-order valence-electron chi connectivity index (χ4n) is 0.521. The Kier molecular flexibility index (Phi) is 4.19. The minimum atomic E-state index is -3.46. The van der Waals surface area contributed by atoms with E-state index >= 15 is 0 Å². The van der Waals surface area contributed by atoms with Crippen LogP contribution in [0.5, 0.6) is 0 Å². The third kappa shape index (κ3) is 6.11. The van der Waals surface area contributed by atoms with Crippen molar-refractivity contribution in [1.82, 2.24) is 5.32 Å². The van der Waals surface area contributed by atoms with Gasteiger partial charge >= 0.3 is 0 Å². The van der Waals surface area contributed by atoms with Crippen molar-refractivity contribution < 1.29 is 13.2 Å². The van der Waals surface area contributed by atoms with Gasteiger partial charge in [0.1, 0.15) is 0 Å². The first-order valence-electron chi connectivity index (χ1n) is 3.61. The van der Waals surface area contributed by atoms with Crippen LogP contribution < -0.4 is 10.5 Å². The molecule has 0 radical (unpaired) electrons. The Morgan fingerprint density at radius 3 is 2.33 bits per heavy atom. The second-order valence-electron chi connectivity index (χ2n) is 2.81. The lowest BCUT2D eigenvalue weighted by atomic mass is 10.2. The van der Waals surface area contributed by atoms with Crippen molar-refractivity contribution >= 4 is 15.9 Å². The van der Waals surface area contributed by atoms with Gasteiger partial charge in [-0.1, -0.05) is 13.8 Å². The maximum atomic E-state index is 10.9. The lowest BCUT2D eigenvalue weighted by molar-refractivity contribution is -0.123. The van der Waals surface area contributed by atoms with Crippen LogP contribution in [0, 0.1) is 5.92 Å². The van der Waals surface area contributed by atoms with E-state index in [1.165, 1.54) is 0 Å². The van der Waals surface area contributed by atoms with Gasteiger partial charge in [-0.2, -0.15) is 0 Å². The fraction of sp³-hybridized carbons (Fsp3) is 0.833. The van der Waals surface area contributed by atoms with Gasteiger partial charge < -0.3 is 5.32 Å². The van der Waals surface area contributed by atoms with Gasteiger partial charge in [0.2, 0.25) is 15.9 Å². The van der Waals surface area contributed by atoms with Crippen molar-refractivity contribution in [3.05, 3.63) is 0 Å². The molecule has 0 saturated carbocycles. The van der Waals surface area contributed by atoms with E-state index in [1.807, 2.05) is 0 Å². The number of hydrogen-bond acceptors (Lipinski definition) is 3. The lowest BCUT2D eigenvalue weighted by Crippen LogP contribution is -2.33. The van der Waals surface area contributed by atoms with E-state index in [0.717, 1.165) is 0 Å². The third-order valence-electron chi connectivity index (χ3n) is 1.21. The highest BCUT2D eigenvalue weighted by molar-refractivity contribution is 7.89. The summed E-state index contributed by atoms with van der Waals surface area (Å²) in [4.78, 5) is 10.9.